The molecule has 1 aliphatic heterocycles. The van der Waals surface area contributed by atoms with Gasteiger partial charge in [0.2, 0.25) is 0 Å². The fourth-order valence-corrected chi connectivity index (χ4v) is 5.00. The summed E-state index contributed by atoms with van der Waals surface area (Å²) in [5.74, 6) is -0.604. The lowest BCUT2D eigenvalue weighted by Gasteiger charge is -2.23. The maximum Gasteiger partial charge on any atom is 0.325 e. The van der Waals surface area contributed by atoms with E-state index in [0.717, 1.165) is 41.1 Å². The average molecular weight is 408 g/mol. The van der Waals surface area contributed by atoms with Gasteiger partial charge in [0, 0.05) is 23.0 Å². The third-order valence-electron chi connectivity index (χ3n) is 6.55. The van der Waals surface area contributed by atoms with Gasteiger partial charge in [-0.05, 0) is 76.6 Å². The number of carbonyl (C=O) groups is 3. The summed E-state index contributed by atoms with van der Waals surface area (Å²) in [4.78, 5) is 40.0. The Balaban J connectivity index is 1.59. The Labute approximate surface area is 177 Å². The molecule has 0 bridgehead atoms. The van der Waals surface area contributed by atoms with E-state index in [9.17, 15) is 14.4 Å². The van der Waals surface area contributed by atoms with E-state index in [4.69, 9.17) is 0 Å². The number of carbonyl (C=O) groups excluding carboxylic acids is 3. The number of benzene rings is 1. The zero-order chi connectivity index (χ0) is 21.8. The number of hydrogen-bond donors (Lipinski definition) is 1. The third kappa shape index (κ3) is 3.06. The molecule has 1 atom stereocenters. The summed E-state index contributed by atoms with van der Waals surface area (Å²) in [6, 6.07) is 7.55. The topological polar surface area (TPSA) is 71.4 Å². The standard InChI is InChI=1S/C24H29N3O3/c1-14(2)27-15(3)11-20(16(27)4)21(28)13-26-22(29)24(5,25-23(26)30)19-10-9-17-7-6-8-18(17)12-19/h9-12,14H,6-8,13H2,1-5H3,(H,25,30). The number of amides is 3. The Kier molecular flexibility index (Phi) is 4.83. The van der Waals surface area contributed by atoms with Crippen molar-refractivity contribution in [1.29, 1.82) is 0 Å². The van der Waals surface area contributed by atoms with Gasteiger partial charge >= 0.3 is 6.03 Å². The van der Waals surface area contributed by atoms with E-state index in [1.165, 1.54) is 11.1 Å². The first-order valence-corrected chi connectivity index (χ1v) is 10.6. The zero-order valence-corrected chi connectivity index (χ0v) is 18.3. The number of aromatic nitrogens is 1. The van der Waals surface area contributed by atoms with Crippen LogP contribution >= 0.6 is 0 Å². The van der Waals surface area contributed by atoms with Crippen molar-refractivity contribution in [2.45, 2.75) is 65.5 Å². The van der Waals surface area contributed by atoms with Crippen LogP contribution in [0.4, 0.5) is 4.79 Å². The lowest BCUT2D eigenvalue weighted by atomic mass is 9.89. The van der Waals surface area contributed by atoms with Gasteiger partial charge in [-0.25, -0.2) is 4.79 Å². The smallest absolute Gasteiger partial charge is 0.325 e. The molecule has 0 spiro atoms. The first kappa shape index (κ1) is 20.4. The highest BCUT2D eigenvalue weighted by Crippen LogP contribution is 2.33. The molecule has 3 amide bonds. The molecule has 1 N–H and O–H groups in total. The van der Waals surface area contributed by atoms with Crippen molar-refractivity contribution in [1.82, 2.24) is 14.8 Å². The summed E-state index contributed by atoms with van der Waals surface area (Å²) in [5.41, 5.74) is 4.59. The second-order valence-electron chi connectivity index (χ2n) is 8.96. The zero-order valence-electron chi connectivity index (χ0n) is 18.3. The highest BCUT2D eigenvalue weighted by atomic mass is 16.2. The van der Waals surface area contributed by atoms with Crippen molar-refractivity contribution in [3.05, 3.63) is 57.9 Å². The Morgan fingerprint density at radius 2 is 1.83 bits per heavy atom. The highest BCUT2D eigenvalue weighted by Gasteiger charge is 2.49. The van der Waals surface area contributed by atoms with Gasteiger partial charge in [0.15, 0.2) is 5.78 Å². The molecular formula is C24H29N3O3. The van der Waals surface area contributed by atoms with Gasteiger partial charge in [-0.15, -0.1) is 0 Å². The summed E-state index contributed by atoms with van der Waals surface area (Å²) in [6.07, 6.45) is 3.17. The molecule has 1 aliphatic carbocycles. The minimum atomic E-state index is -1.15. The Bertz CT molecular complexity index is 1070. The van der Waals surface area contributed by atoms with Crippen molar-refractivity contribution in [3.63, 3.8) is 0 Å². The molecular weight excluding hydrogens is 378 g/mol. The molecule has 1 saturated heterocycles. The summed E-state index contributed by atoms with van der Waals surface area (Å²) in [7, 11) is 0. The number of fused-ring (bicyclic) bond motifs is 1. The van der Waals surface area contributed by atoms with Gasteiger partial charge in [-0.3, -0.25) is 14.5 Å². The number of hydrogen-bond acceptors (Lipinski definition) is 3. The van der Waals surface area contributed by atoms with Gasteiger partial charge in [0.1, 0.15) is 5.54 Å². The monoisotopic (exact) mass is 407 g/mol. The largest absolute Gasteiger partial charge is 0.346 e. The SMILES string of the molecule is Cc1cc(C(=O)CN2C(=O)NC(C)(c3ccc4c(c3)CCC4)C2=O)c(C)n1C(C)C. The fourth-order valence-electron chi connectivity index (χ4n) is 5.00. The van der Waals surface area contributed by atoms with Gasteiger partial charge in [-0.2, -0.15) is 0 Å². The molecule has 6 nitrogen and oxygen atoms in total. The fraction of sp³-hybridized carbons (Fsp3) is 0.458. The van der Waals surface area contributed by atoms with Crippen LogP contribution in [0.25, 0.3) is 0 Å². The van der Waals surface area contributed by atoms with Crippen LogP contribution in [0, 0.1) is 13.8 Å². The van der Waals surface area contributed by atoms with Crippen LogP contribution in [0.15, 0.2) is 24.3 Å². The maximum atomic E-state index is 13.3. The lowest BCUT2D eigenvalue weighted by Crippen LogP contribution is -2.41. The van der Waals surface area contributed by atoms with E-state index in [0.29, 0.717) is 5.56 Å². The van der Waals surface area contributed by atoms with Gasteiger partial charge in [-0.1, -0.05) is 18.2 Å². The predicted molar refractivity (Wildman–Crippen MR) is 115 cm³/mol. The number of nitrogens with zero attached hydrogens (tertiary/aromatic N) is 2. The van der Waals surface area contributed by atoms with Crippen LogP contribution < -0.4 is 5.32 Å². The summed E-state index contributed by atoms with van der Waals surface area (Å²) in [6.45, 7) is 9.46. The molecule has 0 saturated carbocycles. The number of rotatable bonds is 5. The van der Waals surface area contributed by atoms with Crippen LogP contribution in [0.3, 0.4) is 0 Å². The van der Waals surface area contributed by atoms with E-state index in [2.05, 4.69) is 29.8 Å². The van der Waals surface area contributed by atoms with Crippen molar-refractivity contribution in [2.75, 3.05) is 6.54 Å². The lowest BCUT2D eigenvalue weighted by molar-refractivity contribution is -0.130. The summed E-state index contributed by atoms with van der Waals surface area (Å²) in [5, 5.41) is 2.82. The molecule has 1 aromatic carbocycles. The summed E-state index contributed by atoms with van der Waals surface area (Å²) < 4.78 is 2.09. The van der Waals surface area contributed by atoms with Crippen LogP contribution in [0.5, 0.6) is 0 Å². The molecule has 4 rings (SSSR count). The van der Waals surface area contributed by atoms with Gasteiger partial charge in [0.05, 0.1) is 6.54 Å². The number of aryl methyl sites for hydroxylation is 3. The Morgan fingerprint density at radius 1 is 1.13 bits per heavy atom. The number of urea groups is 1. The molecule has 2 aromatic rings. The molecule has 1 unspecified atom stereocenters. The first-order valence-electron chi connectivity index (χ1n) is 10.6. The van der Waals surface area contributed by atoms with Crippen molar-refractivity contribution >= 4 is 17.7 Å². The molecule has 2 heterocycles. The normalized spacial score (nSPS) is 20.8. The van der Waals surface area contributed by atoms with Crippen molar-refractivity contribution < 1.29 is 14.4 Å². The molecule has 158 valence electrons. The van der Waals surface area contributed by atoms with Crippen LogP contribution in [0.2, 0.25) is 0 Å². The van der Waals surface area contributed by atoms with E-state index < -0.39 is 11.6 Å². The van der Waals surface area contributed by atoms with E-state index >= 15 is 0 Å². The number of ketones is 1. The van der Waals surface area contributed by atoms with Crippen LogP contribution in [-0.4, -0.2) is 33.7 Å². The number of imide groups is 1. The minimum absolute atomic E-state index is 0.225. The molecule has 1 aromatic heterocycles. The second-order valence-corrected chi connectivity index (χ2v) is 8.96. The minimum Gasteiger partial charge on any atom is -0.346 e. The van der Waals surface area contributed by atoms with E-state index in [1.807, 2.05) is 32.0 Å². The molecule has 6 heteroatoms. The number of nitrogens with one attached hydrogen (secondary N) is 1. The Hall–Kier alpha value is -2.89. The Morgan fingerprint density at radius 3 is 2.50 bits per heavy atom. The maximum absolute atomic E-state index is 13.3. The molecule has 1 fully saturated rings. The van der Waals surface area contributed by atoms with Crippen LogP contribution in [0.1, 0.15) is 71.7 Å². The van der Waals surface area contributed by atoms with Crippen LogP contribution in [-0.2, 0) is 23.2 Å². The van der Waals surface area contributed by atoms with Crippen molar-refractivity contribution in [2.24, 2.45) is 0 Å². The third-order valence-corrected chi connectivity index (χ3v) is 6.55. The highest BCUT2D eigenvalue weighted by molar-refractivity contribution is 6.11. The molecule has 0 radical (unpaired) electrons. The average Bonchev–Trinajstić information content (AvgIpc) is 3.33. The quantitative estimate of drug-likeness (QED) is 0.605. The second kappa shape index (κ2) is 7.11. The first-order chi connectivity index (χ1) is 14.1. The molecule has 30 heavy (non-hydrogen) atoms. The predicted octanol–water partition coefficient (Wildman–Crippen LogP) is 3.82. The van der Waals surface area contributed by atoms with Gasteiger partial charge < -0.3 is 9.88 Å². The summed E-state index contributed by atoms with van der Waals surface area (Å²) >= 11 is 0. The van der Waals surface area contributed by atoms with Gasteiger partial charge in [0.25, 0.3) is 5.91 Å². The van der Waals surface area contributed by atoms with Crippen molar-refractivity contribution in [3.8, 4) is 0 Å². The van der Waals surface area contributed by atoms with E-state index in [1.54, 1.807) is 6.92 Å². The van der Waals surface area contributed by atoms with E-state index in [-0.39, 0.29) is 24.3 Å². The molecule has 2 aliphatic rings. The number of Topliss-reactive ketones (excluding diaryl/α,β-unsaturated/α-hetero) is 1.